The molecule has 5 heteroatoms. The normalized spacial score (nSPS) is 10.4. The fourth-order valence-corrected chi connectivity index (χ4v) is 2.50. The highest BCUT2D eigenvalue weighted by molar-refractivity contribution is 6.30. The summed E-state index contributed by atoms with van der Waals surface area (Å²) in [5, 5.41) is 0.635. The van der Waals surface area contributed by atoms with Crippen LogP contribution in [0.1, 0.15) is 11.3 Å². The topological polar surface area (TPSA) is 46.1 Å². The molecule has 0 aliphatic heterocycles. The molecular formula is C19H16ClN3O. The van der Waals surface area contributed by atoms with Gasteiger partial charge in [0.05, 0.1) is 18.7 Å². The van der Waals surface area contributed by atoms with Crippen LogP contribution in [0.25, 0.3) is 0 Å². The van der Waals surface area contributed by atoms with Gasteiger partial charge in [0.15, 0.2) is 0 Å². The number of halogens is 1. The summed E-state index contributed by atoms with van der Waals surface area (Å²) in [7, 11) is 0. The van der Waals surface area contributed by atoms with E-state index in [-0.39, 0.29) is 12.3 Å². The highest BCUT2D eigenvalue weighted by Crippen LogP contribution is 2.21. The minimum atomic E-state index is -0.0176. The summed E-state index contributed by atoms with van der Waals surface area (Å²) >= 11 is 5.96. The highest BCUT2D eigenvalue weighted by Gasteiger charge is 2.17. The SMILES string of the molecule is O=C(Cc1cccnc1)N(Cc1ccccn1)c1ccc(Cl)cc1. The van der Waals surface area contributed by atoms with Crippen LogP contribution in [0.3, 0.4) is 0 Å². The summed E-state index contributed by atoms with van der Waals surface area (Å²) in [6.07, 6.45) is 5.40. The summed E-state index contributed by atoms with van der Waals surface area (Å²) in [4.78, 5) is 22.9. The molecule has 0 atom stereocenters. The third-order valence-corrected chi connectivity index (χ3v) is 3.82. The van der Waals surface area contributed by atoms with Gasteiger partial charge in [-0.2, -0.15) is 0 Å². The molecule has 0 fully saturated rings. The number of hydrogen-bond donors (Lipinski definition) is 0. The maximum Gasteiger partial charge on any atom is 0.231 e. The van der Waals surface area contributed by atoms with Crippen molar-refractivity contribution in [3.63, 3.8) is 0 Å². The van der Waals surface area contributed by atoms with Crippen LogP contribution >= 0.6 is 11.6 Å². The van der Waals surface area contributed by atoms with E-state index in [0.717, 1.165) is 16.9 Å². The average molecular weight is 338 g/mol. The number of hydrogen-bond acceptors (Lipinski definition) is 3. The van der Waals surface area contributed by atoms with Crippen LogP contribution < -0.4 is 4.90 Å². The molecule has 3 aromatic rings. The number of rotatable bonds is 5. The van der Waals surface area contributed by atoms with Crippen LogP contribution in [0.15, 0.2) is 73.2 Å². The van der Waals surface area contributed by atoms with Crippen LogP contribution in [0, 0.1) is 0 Å². The van der Waals surface area contributed by atoms with Crippen LogP contribution in [-0.4, -0.2) is 15.9 Å². The second-order valence-electron chi connectivity index (χ2n) is 5.32. The maximum absolute atomic E-state index is 12.8. The quantitative estimate of drug-likeness (QED) is 0.709. The Balaban J connectivity index is 1.86. The van der Waals surface area contributed by atoms with Crippen molar-refractivity contribution in [2.75, 3.05) is 4.90 Å². The van der Waals surface area contributed by atoms with Crippen LogP contribution in [0.5, 0.6) is 0 Å². The minimum Gasteiger partial charge on any atom is -0.306 e. The first kappa shape index (κ1) is 16.1. The van der Waals surface area contributed by atoms with Crippen molar-refractivity contribution < 1.29 is 4.79 Å². The second-order valence-corrected chi connectivity index (χ2v) is 5.75. The number of carbonyl (C=O) groups excluding carboxylic acids is 1. The predicted octanol–water partition coefficient (Wildman–Crippen LogP) is 3.91. The molecule has 0 N–H and O–H groups in total. The van der Waals surface area contributed by atoms with Gasteiger partial charge in [-0.3, -0.25) is 14.8 Å². The summed E-state index contributed by atoms with van der Waals surface area (Å²) in [5.41, 5.74) is 2.49. The van der Waals surface area contributed by atoms with Crippen LogP contribution in [0.2, 0.25) is 5.02 Å². The summed E-state index contributed by atoms with van der Waals surface area (Å²) in [5.74, 6) is -0.0176. The molecular weight excluding hydrogens is 322 g/mol. The molecule has 2 aromatic heterocycles. The minimum absolute atomic E-state index is 0.0176. The molecule has 24 heavy (non-hydrogen) atoms. The fourth-order valence-electron chi connectivity index (χ4n) is 2.37. The van der Waals surface area contributed by atoms with E-state index in [0.29, 0.717) is 11.6 Å². The van der Waals surface area contributed by atoms with Gasteiger partial charge in [0.25, 0.3) is 0 Å². The van der Waals surface area contributed by atoms with Crippen molar-refractivity contribution in [3.8, 4) is 0 Å². The first-order valence-electron chi connectivity index (χ1n) is 7.57. The van der Waals surface area contributed by atoms with Gasteiger partial charge in [0.2, 0.25) is 5.91 Å². The first-order chi connectivity index (χ1) is 11.7. The Morgan fingerprint density at radius 1 is 1.00 bits per heavy atom. The van der Waals surface area contributed by atoms with Gasteiger partial charge in [-0.1, -0.05) is 23.7 Å². The molecule has 4 nitrogen and oxygen atoms in total. The third kappa shape index (κ3) is 4.18. The Hall–Kier alpha value is -2.72. The number of amides is 1. The molecule has 0 radical (unpaired) electrons. The van der Waals surface area contributed by atoms with E-state index < -0.39 is 0 Å². The highest BCUT2D eigenvalue weighted by atomic mass is 35.5. The molecule has 1 amide bonds. The van der Waals surface area contributed by atoms with E-state index in [9.17, 15) is 4.79 Å². The van der Waals surface area contributed by atoms with Gasteiger partial charge < -0.3 is 4.90 Å². The molecule has 3 rings (SSSR count). The standard InChI is InChI=1S/C19H16ClN3O/c20-16-6-8-18(9-7-16)23(14-17-5-1-2-11-22-17)19(24)12-15-4-3-10-21-13-15/h1-11,13H,12,14H2. The molecule has 0 unspecified atom stereocenters. The van der Waals surface area contributed by atoms with Crippen molar-refractivity contribution >= 4 is 23.2 Å². The van der Waals surface area contributed by atoms with E-state index in [2.05, 4.69) is 9.97 Å². The number of benzene rings is 1. The first-order valence-corrected chi connectivity index (χ1v) is 7.95. The molecule has 0 aliphatic carbocycles. The molecule has 0 spiro atoms. The van der Waals surface area contributed by atoms with Gasteiger partial charge in [0, 0.05) is 29.3 Å². The molecule has 0 saturated heterocycles. The van der Waals surface area contributed by atoms with E-state index in [1.807, 2.05) is 42.5 Å². The maximum atomic E-state index is 12.8. The zero-order chi connectivity index (χ0) is 16.8. The number of pyridine rings is 2. The summed E-state index contributed by atoms with van der Waals surface area (Å²) in [6, 6.07) is 16.6. The Kier molecular flexibility index (Phi) is 5.18. The van der Waals surface area contributed by atoms with Gasteiger partial charge in [-0.05, 0) is 48.0 Å². The zero-order valence-corrected chi connectivity index (χ0v) is 13.7. The van der Waals surface area contributed by atoms with Crippen molar-refractivity contribution in [2.24, 2.45) is 0 Å². The lowest BCUT2D eigenvalue weighted by molar-refractivity contribution is -0.118. The van der Waals surface area contributed by atoms with Gasteiger partial charge in [0.1, 0.15) is 0 Å². The Morgan fingerprint density at radius 3 is 2.50 bits per heavy atom. The van der Waals surface area contributed by atoms with Crippen LogP contribution in [0.4, 0.5) is 5.69 Å². The molecule has 120 valence electrons. The van der Waals surface area contributed by atoms with Crippen molar-refractivity contribution in [1.29, 1.82) is 0 Å². The lowest BCUT2D eigenvalue weighted by atomic mass is 10.1. The van der Waals surface area contributed by atoms with E-state index in [4.69, 9.17) is 11.6 Å². The number of nitrogens with zero attached hydrogens (tertiary/aromatic N) is 3. The Labute approximate surface area is 145 Å². The smallest absolute Gasteiger partial charge is 0.231 e. The second kappa shape index (κ2) is 7.70. The molecule has 0 bridgehead atoms. The van der Waals surface area contributed by atoms with E-state index in [1.165, 1.54) is 0 Å². The molecule has 2 heterocycles. The van der Waals surface area contributed by atoms with Gasteiger partial charge >= 0.3 is 0 Å². The van der Waals surface area contributed by atoms with Crippen molar-refractivity contribution in [1.82, 2.24) is 9.97 Å². The lowest BCUT2D eigenvalue weighted by Crippen LogP contribution is -2.32. The monoisotopic (exact) mass is 337 g/mol. The number of aromatic nitrogens is 2. The average Bonchev–Trinajstić information content (AvgIpc) is 2.62. The van der Waals surface area contributed by atoms with Crippen LogP contribution in [-0.2, 0) is 17.8 Å². The summed E-state index contributed by atoms with van der Waals surface area (Å²) < 4.78 is 0. The summed E-state index contributed by atoms with van der Waals surface area (Å²) in [6.45, 7) is 0.404. The van der Waals surface area contributed by atoms with Gasteiger partial charge in [-0.25, -0.2) is 0 Å². The number of anilines is 1. The molecule has 0 saturated carbocycles. The van der Waals surface area contributed by atoms with Gasteiger partial charge in [-0.15, -0.1) is 0 Å². The molecule has 0 aliphatic rings. The van der Waals surface area contributed by atoms with E-state index in [1.54, 1.807) is 35.6 Å². The largest absolute Gasteiger partial charge is 0.306 e. The Bertz CT molecular complexity index is 792. The number of carbonyl (C=O) groups is 1. The fraction of sp³-hybridized carbons (Fsp3) is 0.105. The Morgan fingerprint density at radius 2 is 1.83 bits per heavy atom. The van der Waals surface area contributed by atoms with Crippen molar-refractivity contribution in [3.05, 3.63) is 89.5 Å². The lowest BCUT2D eigenvalue weighted by Gasteiger charge is -2.23. The third-order valence-electron chi connectivity index (χ3n) is 3.56. The van der Waals surface area contributed by atoms with E-state index >= 15 is 0 Å². The zero-order valence-electron chi connectivity index (χ0n) is 13.0. The molecule has 1 aromatic carbocycles. The van der Waals surface area contributed by atoms with Crippen molar-refractivity contribution in [2.45, 2.75) is 13.0 Å². The predicted molar refractivity (Wildman–Crippen MR) is 94.8 cm³/mol.